The van der Waals surface area contributed by atoms with Crippen molar-refractivity contribution >= 4 is 5.78 Å². The number of carbonyl (C=O) groups is 1. The van der Waals surface area contributed by atoms with Crippen molar-refractivity contribution < 1.29 is 4.79 Å². The molecule has 0 aliphatic carbocycles. The van der Waals surface area contributed by atoms with Gasteiger partial charge in [0, 0.05) is 19.0 Å². The second kappa shape index (κ2) is 3.86. The molecule has 0 aromatic heterocycles. The van der Waals surface area contributed by atoms with Crippen molar-refractivity contribution in [1.29, 1.82) is 0 Å². The minimum absolute atomic E-state index is 0.303. The predicted molar refractivity (Wildman–Crippen MR) is 44.4 cm³/mol. The van der Waals surface area contributed by atoms with Gasteiger partial charge in [0.05, 0.1) is 0 Å². The number of hydrogen-bond donors (Lipinski definition) is 0. The number of hydrogen-bond acceptors (Lipinski definition) is 1. The zero-order valence-electron chi connectivity index (χ0n) is 7.34. The van der Waals surface area contributed by atoms with Crippen molar-refractivity contribution in [1.82, 2.24) is 5.32 Å². The molecule has 1 aliphatic rings. The smallest absolute Gasteiger partial charge is 0.133 e. The fourth-order valence-electron chi connectivity index (χ4n) is 1.80. The Morgan fingerprint density at radius 1 is 1.64 bits per heavy atom. The zero-order chi connectivity index (χ0) is 8.27. The molecule has 1 heterocycles. The van der Waals surface area contributed by atoms with Gasteiger partial charge in [-0.15, -0.1) is 0 Å². The highest BCUT2D eigenvalue weighted by Crippen LogP contribution is 2.23. The van der Waals surface area contributed by atoms with Crippen LogP contribution in [0.4, 0.5) is 0 Å². The van der Waals surface area contributed by atoms with Crippen molar-refractivity contribution in [3.8, 4) is 0 Å². The summed E-state index contributed by atoms with van der Waals surface area (Å²) in [7, 11) is 0. The van der Waals surface area contributed by atoms with E-state index in [0.717, 1.165) is 25.9 Å². The van der Waals surface area contributed by atoms with E-state index in [9.17, 15) is 4.79 Å². The second-order valence-corrected chi connectivity index (χ2v) is 3.30. The van der Waals surface area contributed by atoms with E-state index < -0.39 is 0 Å². The van der Waals surface area contributed by atoms with Crippen LogP contribution in [0.3, 0.4) is 0 Å². The van der Waals surface area contributed by atoms with Crippen LogP contribution >= 0.6 is 0 Å². The molecule has 1 rings (SSSR count). The Balaban J connectivity index is 2.51. The summed E-state index contributed by atoms with van der Waals surface area (Å²) in [4.78, 5) is 11.1. The summed E-state index contributed by atoms with van der Waals surface area (Å²) in [6.45, 7) is 5.64. The first kappa shape index (κ1) is 8.72. The van der Waals surface area contributed by atoms with Crippen LogP contribution in [0.5, 0.6) is 0 Å². The van der Waals surface area contributed by atoms with E-state index in [-0.39, 0.29) is 0 Å². The standard InChI is InChI=1S/C9H16NO/c1-3-8-6-10-5-4-9(8)7(2)11/h8-9H,3-6H2,1-2H3. The zero-order valence-corrected chi connectivity index (χ0v) is 7.34. The van der Waals surface area contributed by atoms with E-state index in [1.807, 2.05) is 0 Å². The summed E-state index contributed by atoms with van der Waals surface area (Å²) < 4.78 is 0. The summed E-state index contributed by atoms with van der Waals surface area (Å²) in [5.41, 5.74) is 0. The molecule has 1 fully saturated rings. The highest BCUT2D eigenvalue weighted by Gasteiger charge is 2.27. The van der Waals surface area contributed by atoms with Crippen molar-refractivity contribution in [2.75, 3.05) is 13.1 Å². The normalized spacial score (nSPS) is 31.8. The molecule has 2 atom stereocenters. The van der Waals surface area contributed by atoms with Crippen LogP contribution in [0, 0.1) is 11.8 Å². The first-order valence-electron chi connectivity index (χ1n) is 4.39. The Labute approximate surface area is 68.4 Å². The lowest BCUT2D eigenvalue weighted by atomic mass is 9.82. The summed E-state index contributed by atoms with van der Waals surface area (Å²) in [6.07, 6.45) is 2.07. The van der Waals surface area contributed by atoms with Crippen LogP contribution in [0.1, 0.15) is 26.7 Å². The van der Waals surface area contributed by atoms with Crippen LogP contribution in [0.15, 0.2) is 0 Å². The van der Waals surface area contributed by atoms with Crippen LogP contribution in [0.2, 0.25) is 0 Å². The minimum Gasteiger partial charge on any atom is -0.300 e. The molecule has 0 amide bonds. The molecular formula is C9H16NO. The fraction of sp³-hybridized carbons (Fsp3) is 0.889. The van der Waals surface area contributed by atoms with E-state index >= 15 is 0 Å². The van der Waals surface area contributed by atoms with Gasteiger partial charge < -0.3 is 0 Å². The van der Waals surface area contributed by atoms with Gasteiger partial charge in [-0.3, -0.25) is 4.79 Å². The molecule has 0 saturated carbocycles. The van der Waals surface area contributed by atoms with Gasteiger partial charge in [0.25, 0.3) is 0 Å². The number of rotatable bonds is 2. The molecule has 0 N–H and O–H groups in total. The van der Waals surface area contributed by atoms with Gasteiger partial charge >= 0.3 is 0 Å². The highest BCUT2D eigenvalue weighted by atomic mass is 16.1. The number of ketones is 1. The predicted octanol–water partition coefficient (Wildman–Crippen LogP) is 1.23. The topological polar surface area (TPSA) is 31.2 Å². The Bertz CT molecular complexity index is 144. The lowest BCUT2D eigenvalue weighted by molar-refractivity contribution is -0.123. The summed E-state index contributed by atoms with van der Waals surface area (Å²) in [5.74, 6) is 1.19. The average molecular weight is 154 g/mol. The Kier molecular flexibility index (Phi) is 3.06. The van der Waals surface area contributed by atoms with Gasteiger partial charge in [-0.25, -0.2) is 5.32 Å². The quantitative estimate of drug-likeness (QED) is 0.588. The van der Waals surface area contributed by atoms with Crippen LogP contribution in [0.25, 0.3) is 0 Å². The monoisotopic (exact) mass is 154 g/mol. The molecule has 0 bridgehead atoms. The third kappa shape index (κ3) is 2.03. The van der Waals surface area contributed by atoms with Crippen LogP contribution < -0.4 is 5.32 Å². The van der Waals surface area contributed by atoms with E-state index in [0.29, 0.717) is 17.6 Å². The third-order valence-corrected chi connectivity index (χ3v) is 2.58. The van der Waals surface area contributed by atoms with Crippen LogP contribution in [-0.2, 0) is 4.79 Å². The molecule has 0 aromatic rings. The molecule has 0 aromatic carbocycles. The maximum absolute atomic E-state index is 11.1. The van der Waals surface area contributed by atoms with Crippen molar-refractivity contribution in [3.63, 3.8) is 0 Å². The number of nitrogens with zero attached hydrogens (tertiary/aromatic N) is 1. The van der Waals surface area contributed by atoms with Gasteiger partial charge in [-0.2, -0.15) is 0 Å². The van der Waals surface area contributed by atoms with Gasteiger partial charge in [0.15, 0.2) is 0 Å². The number of carbonyl (C=O) groups excluding carboxylic acids is 1. The second-order valence-electron chi connectivity index (χ2n) is 3.30. The lowest BCUT2D eigenvalue weighted by Crippen LogP contribution is -2.35. The van der Waals surface area contributed by atoms with Crippen LogP contribution in [-0.4, -0.2) is 18.9 Å². The van der Waals surface area contributed by atoms with E-state index in [4.69, 9.17) is 0 Å². The highest BCUT2D eigenvalue weighted by molar-refractivity contribution is 5.78. The largest absolute Gasteiger partial charge is 0.300 e. The van der Waals surface area contributed by atoms with E-state index in [1.165, 1.54) is 0 Å². The first-order valence-corrected chi connectivity index (χ1v) is 4.39. The maximum atomic E-state index is 11.1. The Morgan fingerprint density at radius 3 is 2.82 bits per heavy atom. The Morgan fingerprint density at radius 2 is 2.36 bits per heavy atom. The minimum atomic E-state index is 0.303. The van der Waals surface area contributed by atoms with E-state index in [2.05, 4.69) is 12.2 Å². The molecule has 1 aliphatic heterocycles. The molecular weight excluding hydrogens is 138 g/mol. The van der Waals surface area contributed by atoms with Crippen molar-refractivity contribution in [3.05, 3.63) is 0 Å². The van der Waals surface area contributed by atoms with Gasteiger partial charge in [0.2, 0.25) is 0 Å². The number of piperidine rings is 1. The molecule has 2 nitrogen and oxygen atoms in total. The molecule has 11 heavy (non-hydrogen) atoms. The maximum Gasteiger partial charge on any atom is 0.133 e. The number of Topliss-reactive ketones (excluding diaryl/α,β-unsaturated/α-hetero) is 1. The molecule has 1 saturated heterocycles. The SMILES string of the molecule is CCC1C[N]CCC1C(C)=O. The molecule has 2 unspecified atom stereocenters. The van der Waals surface area contributed by atoms with E-state index in [1.54, 1.807) is 6.92 Å². The molecule has 63 valence electrons. The lowest BCUT2D eigenvalue weighted by Gasteiger charge is -2.28. The summed E-state index contributed by atoms with van der Waals surface area (Å²) in [5, 5.41) is 4.31. The average Bonchev–Trinajstić information content (AvgIpc) is 2.04. The molecule has 0 spiro atoms. The van der Waals surface area contributed by atoms with Gasteiger partial charge in [-0.1, -0.05) is 13.3 Å². The summed E-state index contributed by atoms with van der Waals surface area (Å²) >= 11 is 0. The van der Waals surface area contributed by atoms with Gasteiger partial charge in [-0.05, 0) is 19.3 Å². The fourth-order valence-corrected chi connectivity index (χ4v) is 1.80. The van der Waals surface area contributed by atoms with Crippen molar-refractivity contribution in [2.24, 2.45) is 11.8 Å². The summed E-state index contributed by atoms with van der Waals surface area (Å²) in [6, 6.07) is 0. The third-order valence-electron chi connectivity index (χ3n) is 2.58. The first-order chi connectivity index (χ1) is 5.25. The molecule has 2 heteroatoms. The Hall–Kier alpha value is -0.370. The van der Waals surface area contributed by atoms with Crippen molar-refractivity contribution in [2.45, 2.75) is 26.7 Å². The van der Waals surface area contributed by atoms with Gasteiger partial charge in [0.1, 0.15) is 5.78 Å². The molecule has 1 radical (unpaired) electrons.